The average Bonchev–Trinajstić information content (AvgIpc) is 2.31. The molecular formula is C20H41N3. The highest BCUT2D eigenvalue weighted by molar-refractivity contribution is 4.96. The van der Waals surface area contributed by atoms with Crippen LogP contribution in [0.1, 0.15) is 69.2 Å². The number of piperidine rings is 2. The van der Waals surface area contributed by atoms with Crippen molar-refractivity contribution in [2.24, 2.45) is 33.5 Å². The molecule has 23 heavy (non-hydrogen) atoms. The Morgan fingerprint density at radius 1 is 0.565 bits per heavy atom. The third-order valence-corrected chi connectivity index (χ3v) is 7.37. The minimum absolute atomic E-state index is 0.336. The van der Waals surface area contributed by atoms with Crippen molar-refractivity contribution in [1.29, 1.82) is 0 Å². The standard InChI is InChI=1S/C20H41N3/c1-15-17(3,4)11-22(12-18(15,5)6)21-23-13-19(7,8)16(2)20(9,10)14-23/h15-16,21H,11-14H2,1-10H3. The Morgan fingerprint density at radius 3 is 1.00 bits per heavy atom. The van der Waals surface area contributed by atoms with Crippen molar-refractivity contribution in [2.75, 3.05) is 26.2 Å². The third kappa shape index (κ3) is 3.77. The molecule has 2 aliphatic heterocycles. The minimum atomic E-state index is 0.336. The topological polar surface area (TPSA) is 18.5 Å². The van der Waals surface area contributed by atoms with Gasteiger partial charge in [-0.3, -0.25) is 0 Å². The van der Waals surface area contributed by atoms with Crippen LogP contribution >= 0.6 is 0 Å². The van der Waals surface area contributed by atoms with Crippen molar-refractivity contribution in [2.45, 2.75) is 69.2 Å². The fourth-order valence-electron chi connectivity index (χ4n) is 5.08. The molecule has 3 heteroatoms. The summed E-state index contributed by atoms with van der Waals surface area (Å²) in [7, 11) is 0. The maximum absolute atomic E-state index is 3.79. The molecule has 0 radical (unpaired) electrons. The zero-order chi connectivity index (χ0) is 17.8. The predicted octanol–water partition coefficient (Wildman–Crippen LogP) is 4.41. The quantitative estimate of drug-likeness (QED) is 0.812. The number of nitrogens with zero attached hydrogens (tertiary/aromatic N) is 2. The SMILES string of the molecule is CC1C(C)(C)CN(NN2CC(C)(C)C(C)C(C)(C)C2)CC1(C)C. The van der Waals surface area contributed by atoms with E-state index in [4.69, 9.17) is 0 Å². The van der Waals surface area contributed by atoms with Crippen LogP contribution in [-0.2, 0) is 0 Å². The molecule has 0 aromatic carbocycles. The molecule has 0 aliphatic carbocycles. The maximum atomic E-state index is 3.79. The van der Waals surface area contributed by atoms with E-state index < -0.39 is 0 Å². The highest BCUT2D eigenvalue weighted by Gasteiger charge is 2.47. The van der Waals surface area contributed by atoms with Crippen molar-refractivity contribution in [3.05, 3.63) is 0 Å². The van der Waals surface area contributed by atoms with Crippen LogP contribution in [0.15, 0.2) is 0 Å². The fourth-order valence-corrected chi connectivity index (χ4v) is 5.08. The van der Waals surface area contributed by atoms with Crippen molar-refractivity contribution in [3.63, 3.8) is 0 Å². The van der Waals surface area contributed by atoms with E-state index in [1.165, 1.54) is 0 Å². The van der Waals surface area contributed by atoms with E-state index in [1.54, 1.807) is 0 Å². The third-order valence-electron chi connectivity index (χ3n) is 7.37. The summed E-state index contributed by atoms with van der Waals surface area (Å²) >= 11 is 0. The second kappa shape index (κ2) is 5.71. The molecule has 0 atom stereocenters. The van der Waals surface area contributed by atoms with Gasteiger partial charge in [-0.2, -0.15) is 5.53 Å². The van der Waals surface area contributed by atoms with Crippen molar-refractivity contribution in [1.82, 2.24) is 15.6 Å². The molecule has 136 valence electrons. The van der Waals surface area contributed by atoms with Gasteiger partial charge in [0.25, 0.3) is 0 Å². The Labute approximate surface area is 145 Å². The monoisotopic (exact) mass is 323 g/mol. The molecule has 2 fully saturated rings. The van der Waals surface area contributed by atoms with Gasteiger partial charge in [-0.15, -0.1) is 0 Å². The van der Waals surface area contributed by atoms with E-state index in [9.17, 15) is 0 Å². The van der Waals surface area contributed by atoms with Crippen LogP contribution in [0.5, 0.6) is 0 Å². The molecule has 2 aliphatic rings. The molecule has 1 N–H and O–H groups in total. The van der Waals surface area contributed by atoms with Gasteiger partial charge in [0.1, 0.15) is 0 Å². The van der Waals surface area contributed by atoms with Gasteiger partial charge >= 0.3 is 0 Å². The normalized spacial score (nSPS) is 32.1. The van der Waals surface area contributed by atoms with Gasteiger partial charge in [-0.1, -0.05) is 69.2 Å². The molecule has 3 nitrogen and oxygen atoms in total. The van der Waals surface area contributed by atoms with Gasteiger partial charge in [-0.05, 0) is 33.5 Å². The molecule has 0 aromatic heterocycles. The lowest BCUT2D eigenvalue weighted by Crippen LogP contribution is -2.66. The van der Waals surface area contributed by atoms with Gasteiger partial charge in [-0.25, -0.2) is 10.0 Å². The number of hydrogen-bond acceptors (Lipinski definition) is 3. The van der Waals surface area contributed by atoms with E-state index in [-0.39, 0.29) is 0 Å². The van der Waals surface area contributed by atoms with Crippen LogP contribution in [0, 0.1) is 33.5 Å². The lowest BCUT2D eigenvalue weighted by molar-refractivity contribution is -0.140. The van der Waals surface area contributed by atoms with Crippen molar-refractivity contribution in [3.8, 4) is 0 Å². The van der Waals surface area contributed by atoms with Crippen molar-refractivity contribution < 1.29 is 0 Å². The van der Waals surface area contributed by atoms with E-state index in [1.807, 2.05) is 0 Å². The molecule has 2 heterocycles. The van der Waals surface area contributed by atoms with Crippen LogP contribution in [0.2, 0.25) is 0 Å². The lowest BCUT2D eigenvalue weighted by Gasteiger charge is -2.56. The molecule has 0 saturated carbocycles. The predicted molar refractivity (Wildman–Crippen MR) is 99.7 cm³/mol. The minimum Gasteiger partial charge on any atom is -0.230 e. The highest BCUT2D eigenvalue weighted by atomic mass is 15.8. The van der Waals surface area contributed by atoms with Gasteiger partial charge in [0.05, 0.1) is 0 Å². The van der Waals surface area contributed by atoms with E-state index in [0.29, 0.717) is 21.7 Å². The first-order chi connectivity index (χ1) is 10.2. The molecule has 0 amide bonds. The smallest absolute Gasteiger partial charge is 0.0198 e. The summed E-state index contributed by atoms with van der Waals surface area (Å²) in [6, 6.07) is 0. The molecular weight excluding hydrogens is 282 g/mol. The van der Waals surface area contributed by atoms with Crippen LogP contribution in [-0.4, -0.2) is 36.2 Å². The van der Waals surface area contributed by atoms with Gasteiger partial charge in [0, 0.05) is 26.2 Å². The summed E-state index contributed by atoms with van der Waals surface area (Å²) < 4.78 is 0. The molecule has 2 rings (SSSR count). The molecule has 0 bridgehead atoms. The summed E-state index contributed by atoms with van der Waals surface area (Å²) in [4.78, 5) is 0. The summed E-state index contributed by atoms with van der Waals surface area (Å²) in [6.07, 6.45) is 0. The van der Waals surface area contributed by atoms with Crippen LogP contribution < -0.4 is 5.53 Å². The van der Waals surface area contributed by atoms with Gasteiger partial charge in [0.15, 0.2) is 0 Å². The number of hydrogen-bond donors (Lipinski definition) is 1. The first-order valence-corrected chi connectivity index (χ1v) is 9.44. The van der Waals surface area contributed by atoms with E-state index >= 15 is 0 Å². The first-order valence-electron chi connectivity index (χ1n) is 9.44. The summed E-state index contributed by atoms with van der Waals surface area (Å²) in [5, 5.41) is 4.95. The second-order valence-electron chi connectivity index (χ2n) is 11.2. The lowest BCUT2D eigenvalue weighted by atomic mass is 9.63. The average molecular weight is 324 g/mol. The Kier molecular flexibility index (Phi) is 4.77. The molecule has 0 aromatic rings. The Balaban J connectivity index is 2.10. The van der Waals surface area contributed by atoms with Crippen molar-refractivity contribution >= 4 is 0 Å². The summed E-state index contributed by atoms with van der Waals surface area (Å²) in [5.74, 6) is 1.45. The summed E-state index contributed by atoms with van der Waals surface area (Å²) in [5.41, 5.74) is 5.13. The second-order valence-corrected chi connectivity index (χ2v) is 11.2. The molecule has 0 spiro atoms. The number of hydrazine groups is 2. The Morgan fingerprint density at radius 2 is 0.783 bits per heavy atom. The van der Waals surface area contributed by atoms with E-state index in [2.05, 4.69) is 84.8 Å². The Bertz CT molecular complexity index is 360. The van der Waals surface area contributed by atoms with Crippen LogP contribution in [0.4, 0.5) is 0 Å². The highest BCUT2D eigenvalue weighted by Crippen LogP contribution is 2.46. The van der Waals surface area contributed by atoms with Crippen LogP contribution in [0.25, 0.3) is 0 Å². The number of rotatable bonds is 2. The van der Waals surface area contributed by atoms with E-state index in [0.717, 1.165) is 38.0 Å². The molecule has 0 unspecified atom stereocenters. The first kappa shape index (κ1) is 19.2. The summed E-state index contributed by atoms with van der Waals surface area (Å²) in [6.45, 7) is 28.6. The maximum Gasteiger partial charge on any atom is 0.0198 e. The van der Waals surface area contributed by atoms with Crippen LogP contribution in [0.3, 0.4) is 0 Å². The Hall–Kier alpha value is -0.120. The molecule has 2 saturated heterocycles. The largest absolute Gasteiger partial charge is 0.230 e. The fraction of sp³-hybridized carbons (Fsp3) is 1.00. The zero-order valence-electron chi connectivity index (χ0n) is 17.4. The van der Waals surface area contributed by atoms with Gasteiger partial charge < -0.3 is 0 Å². The number of nitrogens with one attached hydrogen (secondary N) is 1. The zero-order valence-corrected chi connectivity index (χ0v) is 17.4. The van der Waals surface area contributed by atoms with Gasteiger partial charge in [0.2, 0.25) is 0 Å².